The normalized spacial score (nSPS) is 11.6. The van der Waals surface area contributed by atoms with E-state index in [1.54, 1.807) is 17.4 Å². The first-order valence-corrected chi connectivity index (χ1v) is 9.56. The van der Waals surface area contributed by atoms with Crippen molar-refractivity contribution in [2.45, 2.75) is 17.8 Å². The number of fused-ring (bicyclic) bond motifs is 2. The Labute approximate surface area is 152 Å². The van der Waals surface area contributed by atoms with Crippen LogP contribution in [0.15, 0.2) is 33.3 Å². The molecule has 4 rings (SSSR count). The second kappa shape index (κ2) is 5.87. The van der Waals surface area contributed by atoms with Gasteiger partial charge in [0.25, 0.3) is 5.69 Å². The number of aryl methyl sites for hydroxylation is 1. The number of imidazole rings is 2. The third-order valence-corrected chi connectivity index (χ3v) is 6.18. The highest BCUT2D eigenvalue weighted by atomic mass is 79.9. The highest BCUT2D eigenvalue weighted by Gasteiger charge is 2.15. The van der Waals surface area contributed by atoms with E-state index >= 15 is 0 Å². The van der Waals surface area contributed by atoms with Gasteiger partial charge in [-0.2, -0.15) is 0 Å². The van der Waals surface area contributed by atoms with Gasteiger partial charge in [-0.1, -0.05) is 11.8 Å². The standard InChI is InChI=1S/C14H10BrN5O2S2/c1-7-5-24-14-18-11(12(15)19(7)14)6-23-13-16-9-3-2-8(20(21)22)4-10(9)17-13/h2-5H,6H2,1H3,(H,16,17). The molecule has 4 aromatic rings. The number of thiazole rings is 1. The van der Waals surface area contributed by atoms with Crippen molar-refractivity contribution in [3.8, 4) is 0 Å². The molecule has 10 heteroatoms. The van der Waals surface area contributed by atoms with Crippen molar-refractivity contribution < 1.29 is 4.92 Å². The van der Waals surface area contributed by atoms with Crippen LogP contribution in [-0.4, -0.2) is 24.3 Å². The van der Waals surface area contributed by atoms with E-state index in [1.165, 1.54) is 23.9 Å². The van der Waals surface area contributed by atoms with E-state index < -0.39 is 4.92 Å². The molecule has 24 heavy (non-hydrogen) atoms. The van der Waals surface area contributed by atoms with Gasteiger partial charge in [0.15, 0.2) is 10.1 Å². The van der Waals surface area contributed by atoms with Crippen molar-refractivity contribution >= 4 is 60.7 Å². The number of hydrogen-bond donors (Lipinski definition) is 1. The molecule has 0 atom stereocenters. The van der Waals surface area contributed by atoms with E-state index in [4.69, 9.17) is 0 Å². The van der Waals surface area contributed by atoms with Crippen LogP contribution in [0.2, 0.25) is 0 Å². The fraction of sp³-hybridized carbons (Fsp3) is 0.143. The highest BCUT2D eigenvalue weighted by Crippen LogP contribution is 2.30. The lowest BCUT2D eigenvalue weighted by atomic mass is 10.3. The summed E-state index contributed by atoms with van der Waals surface area (Å²) in [6.45, 7) is 2.04. The van der Waals surface area contributed by atoms with Gasteiger partial charge in [-0.05, 0) is 28.9 Å². The first-order valence-electron chi connectivity index (χ1n) is 6.91. The quantitative estimate of drug-likeness (QED) is 0.295. The molecule has 0 fully saturated rings. The number of nitrogens with one attached hydrogen (secondary N) is 1. The molecule has 3 heterocycles. The number of nitro groups is 1. The molecule has 122 valence electrons. The minimum Gasteiger partial charge on any atom is -0.333 e. The summed E-state index contributed by atoms with van der Waals surface area (Å²) in [5.41, 5.74) is 3.51. The fourth-order valence-electron chi connectivity index (χ4n) is 2.38. The summed E-state index contributed by atoms with van der Waals surface area (Å²) >= 11 is 6.72. The number of H-pyrrole nitrogens is 1. The SMILES string of the molecule is Cc1csc2nc(CSc3nc4ccc([N+](=O)[O-])cc4[nH]3)c(Br)n12. The average Bonchev–Trinajstić information content (AvgIpc) is 3.20. The summed E-state index contributed by atoms with van der Waals surface area (Å²) in [4.78, 5) is 23.6. The molecule has 0 spiro atoms. The molecule has 0 radical (unpaired) electrons. The Balaban J connectivity index is 1.59. The molecule has 0 aliphatic carbocycles. The van der Waals surface area contributed by atoms with E-state index in [0.717, 1.165) is 21.0 Å². The molecular formula is C14H10BrN5O2S2. The molecule has 0 aliphatic heterocycles. The third-order valence-electron chi connectivity index (χ3n) is 3.54. The summed E-state index contributed by atoms with van der Waals surface area (Å²) in [7, 11) is 0. The lowest BCUT2D eigenvalue weighted by Gasteiger charge is -1.96. The van der Waals surface area contributed by atoms with Crippen molar-refractivity contribution in [1.29, 1.82) is 0 Å². The van der Waals surface area contributed by atoms with Crippen LogP contribution in [0.4, 0.5) is 5.69 Å². The largest absolute Gasteiger partial charge is 0.333 e. The molecule has 1 aromatic carbocycles. The van der Waals surface area contributed by atoms with Crippen molar-refractivity contribution in [3.63, 3.8) is 0 Å². The van der Waals surface area contributed by atoms with E-state index in [1.807, 2.05) is 6.92 Å². The van der Waals surface area contributed by atoms with Crippen LogP contribution in [0.3, 0.4) is 0 Å². The van der Waals surface area contributed by atoms with Gasteiger partial charge in [0.05, 0.1) is 21.7 Å². The number of hydrogen-bond acceptors (Lipinski definition) is 6. The molecule has 0 bridgehead atoms. The van der Waals surface area contributed by atoms with Gasteiger partial charge >= 0.3 is 0 Å². The zero-order valence-corrected chi connectivity index (χ0v) is 15.5. The molecule has 0 amide bonds. The van der Waals surface area contributed by atoms with Crippen LogP contribution in [0, 0.1) is 17.0 Å². The Morgan fingerprint density at radius 3 is 3.04 bits per heavy atom. The van der Waals surface area contributed by atoms with Crippen molar-refractivity contribution in [2.75, 3.05) is 0 Å². The van der Waals surface area contributed by atoms with Gasteiger partial charge in [0, 0.05) is 29.0 Å². The number of halogens is 1. The molecular weight excluding hydrogens is 414 g/mol. The molecule has 0 aliphatic rings. The Bertz CT molecular complexity index is 1080. The average molecular weight is 424 g/mol. The second-order valence-electron chi connectivity index (χ2n) is 5.13. The van der Waals surface area contributed by atoms with Crippen LogP contribution in [-0.2, 0) is 5.75 Å². The molecule has 3 aromatic heterocycles. The van der Waals surface area contributed by atoms with E-state index in [9.17, 15) is 10.1 Å². The Hall–Kier alpha value is -1.91. The minimum absolute atomic E-state index is 0.0512. The Morgan fingerprint density at radius 2 is 2.29 bits per heavy atom. The number of aromatic nitrogens is 4. The predicted molar refractivity (Wildman–Crippen MR) is 97.8 cm³/mol. The first kappa shape index (κ1) is 15.6. The predicted octanol–water partition coefficient (Wildman–Crippen LogP) is 4.54. The zero-order valence-electron chi connectivity index (χ0n) is 12.3. The number of nitrogens with zero attached hydrogens (tertiary/aromatic N) is 4. The lowest BCUT2D eigenvalue weighted by molar-refractivity contribution is -0.384. The molecule has 0 saturated carbocycles. The smallest absolute Gasteiger partial charge is 0.271 e. The maximum absolute atomic E-state index is 10.8. The van der Waals surface area contributed by atoms with Crippen molar-refractivity contribution in [1.82, 2.24) is 19.4 Å². The van der Waals surface area contributed by atoms with Crippen LogP contribution < -0.4 is 0 Å². The molecule has 0 saturated heterocycles. The zero-order chi connectivity index (χ0) is 16.8. The van der Waals surface area contributed by atoms with Gasteiger partial charge < -0.3 is 4.98 Å². The Morgan fingerprint density at radius 1 is 1.46 bits per heavy atom. The monoisotopic (exact) mass is 423 g/mol. The van der Waals surface area contributed by atoms with Crippen molar-refractivity contribution in [2.24, 2.45) is 0 Å². The number of non-ortho nitro benzene ring substituents is 1. The minimum atomic E-state index is -0.412. The highest BCUT2D eigenvalue weighted by molar-refractivity contribution is 9.10. The summed E-state index contributed by atoms with van der Waals surface area (Å²) in [5.74, 6) is 0.649. The van der Waals surface area contributed by atoms with E-state index in [0.29, 0.717) is 21.9 Å². The summed E-state index contributed by atoms with van der Waals surface area (Å²) in [6.07, 6.45) is 0. The summed E-state index contributed by atoms with van der Waals surface area (Å²) in [5, 5.41) is 13.6. The van der Waals surface area contributed by atoms with Crippen LogP contribution in [0.1, 0.15) is 11.4 Å². The number of nitro benzene ring substituents is 1. The van der Waals surface area contributed by atoms with Gasteiger partial charge in [-0.3, -0.25) is 14.5 Å². The fourth-order valence-corrected chi connectivity index (χ4v) is 5.07. The van der Waals surface area contributed by atoms with Crippen molar-refractivity contribution in [3.05, 3.63) is 49.7 Å². The van der Waals surface area contributed by atoms with E-state index in [2.05, 4.69) is 40.7 Å². The summed E-state index contributed by atoms with van der Waals surface area (Å²) < 4.78 is 3.03. The van der Waals surface area contributed by atoms with Crippen LogP contribution in [0.25, 0.3) is 16.0 Å². The first-order chi connectivity index (χ1) is 11.5. The third kappa shape index (κ3) is 2.60. The van der Waals surface area contributed by atoms with E-state index in [-0.39, 0.29) is 5.69 Å². The number of aromatic amines is 1. The number of thioether (sulfide) groups is 1. The lowest BCUT2D eigenvalue weighted by Crippen LogP contribution is -1.86. The molecule has 0 unspecified atom stereocenters. The van der Waals surface area contributed by atoms with Gasteiger partial charge in [-0.15, -0.1) is 11.3 Å². The number of rotatable bonds is 4. The topological polar surface area (TPSA) is 89.1 Å². The van der Waals surface area contributed by atoms with Gasteiger partial charge in [0.1, 0.15) is 4.60 Å². The maximum atomic E-state index is 10.8. The molecule has 7 nitrogen and oxygen atoms in total. The maximum Gasteiger partial charge on any atom is 0.271 e. The van der Waals surface area contributed by atoms with Gasteiger partial charge in [0.2, 0.25) is 0 Å². The summed E-state index contributed by atoms with van der Waals surface area (Å²) in [6, 6.07) is 4.61. The molecule has 1 N–H and O–H groups in total. The Kier molecular flexibility index (Phi) is 3.82. The number of benzene rings is 1. The van der Waals surface area contributed by atoms with Crippen LogP contribution >= 0.6 is 39.0 Å². The second-order valence-corrected chi connectivity index (χ2v) is 7.69. The van der Waals surface area contributed by atoms with Crippen LogP contribution in [0.5, 0.6) is 0 Å². The van der Waals surface area contributed by atoms with Gasteiger partial charge in [-0.25, -0.2) is 9.97 Å².